The zero-order valence-corrected chi connectivity index (χ0v) is 10.6. The van der Waals surface area contributed by atoms with Gasteiger partial charge in [-0.1, -0.05) is 44.2 Å². The van der Waals surface area contributed by atoms with E-state index in [2.05, 4.69) is 72.8 Å². The van der Waals surface area contributed by atoms with Crippen LogP contribution in [0.1, 0.15) is 25.3 Å². The molecule has 0 heterocycles. The van der Waals surface area contributed by atoms with Gasteiger partial charge in [-0.25, -0.2) is 0 Å². The van der Waals surface area contributed by atoms with Crippen LogP contribution in [0.25, 0.3) is 10.8 Å². The quantitative estimate of drug-likeness (QED) is 0.676. The van der Waals surface area contributed by atoms with Crippen LogP contribution in [0.3, 0.4) is 0 Å². The molecule has 0 nitrogen and oxygen atoms in total. The first-order valence-electron chi connectivity index (χ1n) is 4.87. The first-order valence-corrected chi connectivity index (χ1v) is 5.95. The molecule has 0 aliphatic carbocycles. The molecule has 0 amide bonds. The van der Waals surface area contributed by atoms with E-state index < -0.39 is 0 Å². The van der Waals surface area contributed by atoms with E-state index in [0.717, 1.165) is 0 Å². The fourth-order valence-corrected chi connectivity index (χ4v) is 2.95. The monoisotopic (exact) mass is 296 g/mol. The van der Waals surface area contributed by atoms with Gasteiger partial charge in [0.25, 0.3) is 0 Å². The third kappa shape index (κ3) is 1.65. The smallest absolute Gasteiger partial charge is 0.0171 e. The Kier molecular flexibility index (Phi) is 2.77. The Morgan fingerprint density at radius 2 is 1.71 bits per heavy atom. The highest BCUT2D eigenvalue weighted by atomic mass is 127. The zero-order chi connectivity index (χ0) is 10.1. The van der Waals surface area contributed by atoms with Gasteiger partial charge in [-0.3, -0.25) is 0 Å². The van der Waals surface area contributed by atoms with Crippen LogP contribution in [0.5, 0.6) is 0 Å². The van der Waals surface area contributed by atoms with Gasteiger partial charge in [0.1, 0.15) is 0 Å². The van der Waals surface area contributed by atoms with Crippen LogP contribution in [-0.2, 0) is 0 Å². The van der Waals surface area contributed by atoms with Crippen molar-refractivity contribution in [3.63, 3.8) is 0 Å². The van der Waals surface area contributed by atoms with Gasteiger partial charge in [0.2, 0.25) is 0 Å². The fraction of sp³-hybridized carbons (Fsp3) is 0.231. The molecule has 1 heteroatoms. The van der Waals surface area contributed by atoms with E-state index in [-0.39, 0.29) is 0 Å². The van der Waals surface area contributed by atoms with E-state index >= 15 is 0 Å². The predicted molar refractivity (Wildman–Crippen MR) is 70.8 cm³/mol. The van der Waals surface area contributed by atoms with Crippen molar-refractivity contribution in [2.75, 3.05) is 0 Å². The van der Waals surface area contributed by atoms with Gasteiger partial charge in [0.05, 0.1) is 0 Å². The van der Waals surface area contributed by atoms with Crippen LogP contribution in [0.15, 0.2) is 36.4 Å². The highest BCUT2D eigenvalue weighted by molar-refractivity contribution is 14.1. The standard InChI is InChI=1S/C13H13I/c1-9(2)13-11-6-4-3-5-10(11)7-8-12(13)14/h3-9H,1-2H3. The molecular weight excluding hydrogens is 283 g/mol. The minimum atomic E-state index is 0.591. The summed E-state index contributed by atoms with van der Waals surface area (Å²) in [5, 5.41) is 2.74. The van der Waals surface area contributed by atoms with E-state index in [9.17, 15) is 0 Å². The SMILES string of the molecule is CC(C)c1c(I)ccc2ccccc12. The second-order valence-corrected chi connectivity index (χ2v) is 5.00. The minimum absolute atomic E-state index is 0.591. The summed E-state index contributed by atoms with van der Waals surface area (Å²) in [5.41, 5.74) is 1.48. The molecule has 0 aliphatic heterocycles. The minimum Gasteiger partial charge on any atom is -0.0616 e. The third-order valence-corrected chi connectivity index (χ3v) is 3.44. The molecule has 2 aromatic carbocycles. The van der Waals surface area contributed by atoms with E-state index in [1.165, 1.54) is 19.9 Å². The Morgan fingerprint density at radius 1 is 1.00 bits per heavy atom. The first-order chi connectivity index (χ1) is 6.70. The van der Waals surface area contributed by atoms with Crippen LogP contribution in [0.2, 0.25) is 0 Å². The molecule has 2 rings (SSSR count). The molecule has 72 valence electrons. The summed E-state index contributed by atoms with van der Waals surface area (Å²) < 4.78 is 1.37. The summed E-state index contributed by atoms with van der Waals surface area (Å²) in [6, 6.07) is 13.0. The Hall–Kier alpha value is -0.570. The van der Waals surface area contributed by atoms with Gasteiger partial charge >= 0.3 is 0 Å². The summed E-state index contributed by atoms with van der Waals surface area (Å²) >= 11 is 2.42. The highest BCUT2D eigenvalue weighted by Gasteiger charge is 2.08. The number of rotatable bonds is 1. The van der Waals surface area contributed by atoms with Crippen LogP contribution < -0.4 is 0 Å². The van der Waals surface area contributed by atoms with E-state index in [4.69, 9.17) is 0 Å². The Morgan fingerprint density at radius 3 is 2.43 bits per heavy atom. The molecule has 0 saturated carbocycles. The Bertz CT molecular complexity index is 458. The van der Waals surface area contributed by atoms with Crippen molar-refractivity contribution in [3.8, 4) is 0 Å². The number of fused-ring (bicyclic) bond motifs is 1. The summed E-state index contributed by atoms with van der Waals surface area (Å²) in [5.74, 6) is 0.591. The summed E-state index contributed by atoms with van der Waals surface area (Å²) in [6.45, 7) is 4.51. The Balaban J connectivity index is 2.83. The largest absolute Gasteiger partial charge is 0.0616 e. The normalized spacial score (nSPS) is 11.1. The van der Waals surface area contributed by atoms with Gasteiger partial charge in [-0.05, 0) is 50.9 Å². The van der Waals surface area contributed by atoms with E-state index in [1.54, 1.807) is 0 Å². The lowest BCUT2D eigenvalue weighted by Crippen LogP contribution is -1.93. The molecule has 0 spiro atoms. The van der Waals surface area contributed by atoms with Crippen molar-refractivity contribution in [2.45, 2.75) is 19.8 Å². The van der Waals surface area contributed by atoms with Gasteiger partial charge < -0.3 is 0 Å². The van der Waals surface area contributed by atoms with Gasteiger partial charge in [0.15, 0.2) is 0 Å². The molecule has 2 aromatic rings. The maximum atomic E-state index is 2.42. The summed E-state index contributed by atoms with van der Waals surface area (Å²) in [6.07, 6.45) is 0. The molecular formula is C13H13I. The average molecular weight is 296 g/mol. The Labute approximate surface area is 98.5 Å². The van der Waals surface area contributed by atoms with Crippen molar-refractivity contribution in [2.24, 2.45) is 0 Å². The lowest BCUT2D eigenvalue weighted by Gasteiger charge is -2.12. The average Bonchev–Trinajstić information content (AvgIpc) is 2.17. The maximum Gasteiger partial charge on any atom is 0.0171 e. The van der Waals surface area contributed by atoms with Gasteiger partial charge in [0, 0.05) is 3.57 Å². The third-order valence-electron chi connectivity index (χ3n) is 2.49. The van der Waals surface area contributed by atoms with Gasteiger partial charge in [-0.2, -0.15) is 0 Å². The highest BCUT2D eigenvalue weighted by Crippen LogP contribution is 2.29. The van der Waals surface area contributed by atoms with Crippen molar-refractivity contribution in [3.05, 3.63) is 45.5 Å². The molecule has 0 unspecified atom stereocenters. The van der Waals surface area contributed by atoms with E-state index in [1.807, 2.05) is 0 Å². The number of hydrogen-bond donors (Lipinski definition) is 0. The fourth-order valence-electron chi connectivity index (χ4n) is 1.86. The molecule has 0 fully saturated rings. The predicted octanol–water partition coefficient (Wildman–Crippen LogP) is 4.57. The van der Waals surface area contributed by atoms with Crippen molar-refractivity contribution in [1.29, 1.82) is 0 Å². The number of benzene rings is 2. The van der Waals surface area contributed by atoms with Crippen LogP contribution >= 0.6 is 22.6 Å². The molecule has 0 N–H and O–H groups in total. The maximum absolute atomic E-state index is 2.42. The molecule has 14 heavy (non-hydrogen) atoms. The molecule has 0 atom stereocenters. The zero-order valence-electron chi connectivity index (χ0n) is 8.42. The molecule has 0 radical (unpaired) electrons. The van der Waals surface area contributed by atoms with Crippen molar-refractivity contribution < 1.29 is 0 Å². The second kappa shape index (κ2) is 3.89. The molecule has 0 aliphatic rings. The molecule has 0 aromatic heterocycles. The number of hydrogen-bond acceptors (Lipinski definition) is 0. The summed E-state index contributed by atoms with van der Waals surface area (Å²) in [7, 11) is 0. The first kappa shape index (κ1) is 9.97. The van der Waals surface area contributed by atoms with Crippen LogP contribution in [0, 0.1) is 3.57 Å². The van der Waals surface area contributed by atoms with E-state index in [0.29, 0.717) is 5.92 Å². The van der Waals surface area contributed by atoms with Crippen molar-refractivity contribution in [1.82, 2.24) is 0 Å². The molecule has 0 saturated heterocycles. The summed E-state index contributed by atoms with van der Waals surface area (Å²) in [4.78, 5) is 0. The molecule has 0 bridgehead atoms. The lowest BCUT2D eigenvalue weighted by atomic mass is 9.96. The lowest BCUT2D eigenvalue weighted by molar-refractivity contribution is 0.870. The van der Waals surface area contributed by atoms with Crippen LogP contribution in [-0.4, -0.2) is 0 Å². The van der Waals surface area contributed by atoms with Crippen LogP contribution in [0.4, 0.5) is 0 Å². The van der Waals surface area contributed by atoms with Crippen molar-refractivity contribution >= 4 is 33.4 Å². The van der Waals surface area contributed by atoms with Gasteiger partial charge in [-0.15, -0.1) is 0 Å². The topological polar surface area (TPSA) is 0 Å². The number of halogens is 1. The second-order valence-electron chi connectivity index (χ2n) is 3.84.